The van der Waals surface area contributed by atoms with E-state index in [2.05, 4.69) is 29.0 Å². The highest BCUT2D eigenvalue weighted by Crippen LogP contribution is 2.47. The first-order valence-electron chi connectivity index (χ1n) is 11.4. The molecule has 2 aromatic heterocycles. The van der Waals surface area contributed by atoms with Crippen LogP contribution in [0.15, 0.2) is 42.7 Å². The van der Waals surface area contributed by atoms with Crippen LogP contribution in [0.3, 0.4) is 0 Å². The number of anilines is 2. The standard InChI is InChI=1S/C25H25ClF3N5/c1-25(2,16-3-4-16)8-7-15-9-18(27)12-19(10-15)33(13-22(28)29)23-20-6-5-17(26)11-21(20)34-14-30-32-24(34)31-23/h5-6,9-12,14,16,22H,3-4,7-8,13H2,1-2H3. The SMILES string of the molecule is CC(C)(CCc1cc(F)cc(N(CC(F)F)c2nc3nncn3c3cc(Cl)ccc23)c1)C1CC1. The first-order chi connectivity index (χ1) is 16.2. The van der Waals surface area contributed by atoms with Gasteiger partial charge in [-0.05, 0) is 79.0 Å². The van der Waals surface area contributed by atoms with Crippen LogP contribution < -0.4 is 4.90 Å². The van der Waals surface area contributed by atoms with Gasteiger partial charge < -0.3 is 4.90 Å². The summed E-state index contributed by atoms with van der Waals surface area (Å²) in [5, 5.41) is 8.95. The zero-order chi connectivity index (χ0) is 24.0. The van der Waals surface area contributed by atoms with E-state index in [1.807, 2.05) is 0 Å². The highest BCUT2D eigenvalue weighted by Gasteiger charge is 2.37. The number of aromatic nitrogens is 4. The Morgan fingerprint density at radius 1 is 1.18 bits per heavy atom. The van der Waals surface area contributed by atoms with Crippen LogP contribution in [0, 0.1) is 17.2 Å². The van der Waals surface area contributed by atoms with Crippen LogP contribution in [-0.2, 0) is 6.42 Å². The van der Waals surface area contributed by atoms with Crippen molar-refractivity contribution in [2.24, 2.45) is 11.3 Å². The lowest BCUT2D eigenvalue weighted by Gasteiger charge is -2.27. The Bertz CT molecular complexity index is 1350. The second-order valence-electron chi connectivity index (χ2n) is 9.68. The van der Waals surface area contributed by atoms with E-state index in [1.54, 1.807) is 28.7 Å². The van der Waals surface area contributed by atoms with E-state index < -0.39 is 18.8 Å². The minimum Gasteiger partial charge on any atom is -0.320 e. The van der Waals surface area contributed by atoms with Crippen LogP contribution in [0.5, 0.6) is 0 Å². The molecule has 34 heavy (non-hydrogen) atoms. The first-order valence-corrected chi connectivity index (χ1v) is 11.7. The molecule has 4 aromatic rings. The first kappa shape index (κ1) is 22.9. The zero-order valence-electron chi connectivity index (χ0n) is 19.0. The van der Waals surface area contributed by atoms with Crippen LogP contribution in [0.25, 0.3) is 16.7 Å². The van der Waals surface area contributed by atoms with Crippen molar-refractivity contribution in [2.75, 3.05) is 11.4 Å². The van der Waals surface area contributed by atoms with Gasteiger partial charge in [-0.25, -0.2) is 13.2 Å². The van der Waals surface area contributed by atoms with Crippen molar-refractivity contribution in [1.82, 2.24) is 19.6 Å². The summed E-state index contributed by atoms with van der Waals surface area (Å²) in [6.07, 6.45) is 2.86. The van der Waals surface area contributed by atoms with E-state index in [0.29, 0.717) is 34.0 Å². The molecule has 0 spiro atoms. The van der Waals surface area contributed by atoms with Crippen molar-refractivity contribution in [3.63, 3.8) is 0 Å². The molecule has 1 fully saturated rings. The van der Waals surface area contributed by atoms with E-state index in [0.717, 1.165) is 12.0 Å². The number of fused-ring (bicyclic) bond motifs is 3. The number of hydrogen-bond acceptors (Lipinski definition) is 4. The average molecular weight is 488 g/mol. The van der Waals surface area contributed by atoms with Crippen molar-refractivity contribution < 1.29 is 13.2 Å². The summed E-state index contributed by atoms with van der Waals surface area (Å²) in [7, 11) is 0. The van der Waals surface area contributed by atoms with Crippen LogP contribution in [-0.4, -0.2) is 32.6 Å². The Morgan fingerprint density at radius 2 is 1.97 bits per heavy atom. The van der Waals surface area contributed by atoms with Crippen molar-refractivity contribution in [3.8, 4) is 0 Å². The van der Waals surface area contributed by atoms with E-state index in [1.165, 1.54) is 36.2 Å². The van der Waals surface area contributed by atoms with Gasteiger partial charge in [-0.2, -0.15) is 4.98 Å². The number of benzene rings is 2. The molecule has 0 radical (unpaired) electrons. The number of hydrogen-bond donors (Lipinski definition) is 0. The fraction of sp³-hybridized carbons (Fsp3) is 0.400. The van der Waals surface area contributed by atoms with Crippen molar-refractivity contribution in [3.05, 3.63) is 59.1 Å². The molecule has 2 aromatic carbocycles. The molecule has 0 bridgehead atoms. The Labute approximate surface area is 200 Å². The van der Waals surface area contributed by atoms with Gasteiger partial charge in [0.1, 0.15) is 18.0 Å². The Morgan fingerprint density at radius 3 is 2.71 bits per heavy atom. The fourth-order valence-corrected chi connectivity index (χ4v) is 4.82. The molecule has 5 nitrogen and oxygen atoms in total. The predicted octanol–water partition coefficient (Wildman–Crippen LogP) is 6.84. The molecule has 0 saturated heterocycles. The maximum Gasteiger partial charge on any atom is 0.257 e. The molecular formula is C25H25ClF3N5. The van der Waals surface area contributed by atoms with Gasteiger partial charge in [-0.15, -0.1) is 10.2 Å². The molecule has 5 rings (SSSR count). The van der Waals surface area contributed by atoms with E-state index >= 15 is 0 Å². The quantitative estimate of drug-likeness (QED) is 0.273. The van der Waals surface area contributed by atoms with Gasteiger partial charge >= 0.3 is 0 Å². The van der Waals surface area contributed by atoms with E-state index in [-0.39, 0.29) is 17.0 Å². The summed E-state index contributed by atoms with van der Waals surface area (Å²) >= 11 is 6.20. The van der Waals surface area contributed by atoms with Gasteiger partial charge in [-0.3, -0.25) is 4.40 Å². The average Bonchev–Trinajstić information content (AvgIpc) is 3.54. The van der Waals surface area contributed by atoms with Crippen LogP contribution in [0.1, 0.15) is 38.7 Å². The lowest BCUT2D eigenvalue weighted by Crippen LogP contribution is -2.25. The third-order valence-corrected chi connectivity index (χ3v) is 7.00. The molecule has 9 heteroatoms. The van der Waals surface area contributed by atoms with Gasteiger partial charge in [0.25, 0.3) is 12.2 Å². The molecule has 0 aliphatic heterocycles. The molecule has 0 atom stereocenters. The zero-order valence-corrected chi connectivity index (χ0v) is 19.7. The predicted molar refractivity (Wildman–Crippen MR) is 128 cm³/mol. The van der Waals surface area contributed by atoms with Crippen LogP contribution in [0.4, 0.5) is 24.7 Å². The number of alkyl halides is 2. The van der Waals surface area contributed by atoms with E-state index in [9.17, 15) is 13.2 Å². The maximum absolute atomic E-state index is 14.7. The lowest BCUT2D eigenvalue weighted by molar-refractivity contribution is 0.158. The lowest BCUT2D eigenvalue weighted by atomic mass is 9.81. The maximum atomic E-state index is 14.7. The second-order valence-corrected chi connectivity index (χ2v) is 10.1. The van der Waals surface area contributed by atoms with Crippen molar-refractivity contribution in [2.45, 2.75) is 46.0 Å². The Kier molecular flexibility index (Phi) is 5.88. The monoisotopic (exact) mass is 487 g/mol. The molecule has 1 saturated carbocycles. The Balaban J connectivity index is 1.59. The topological polar surface area (TPSA) is 46.3 Å². The molecule has 0 unspecified atom stereocenters. The van der Waals surface area contributed by atoms with Gasteiger partial charge in [0.15, 0.2) is 0 Å². The molecular weight excluding hydrogens is 463 g/mol. The number of rotatable bonds is 8. The summed E-state index contributed by atoms with van der Waals surface area (Å²) in [6.45, 7) is 3.83. The normalized spacial score (nSPS) is 14.4. The minimum atomic E-state index is -2.67. The molecule has 0 N–H and O–H groups in total. The summed E-state index contributed by atoms with van der Waals surface area (Å²) in [4.78, 5) is 5.87. The molecule has 178 valence electrons. The number of nitrogens with zero attached hydrogens (tertiary/aromatic N) is 5. The largest absolute Gasteiger partial charge is 0.320 e. The summed E-state index contributed by atoms with van der Waals surface area (Å²) in [5.41, 5.74) is 1.90. The molecule has 0 amide bonds. The minimum absolute atomic E-state index is 0.172. The van der Waals surface area contributed by atoms with E-state index in [4.69, 9.17) is 11.6 Å². The Hall–Kier alpha value is -2.87. The summed E-state index contributed by atoms with van der Waals surface area (Å²) in [6, 6.07) is 9.64. The summed E-state index contributed by atoms with van der Waals surface area (Å²) < 4.78 is 43.9. The highest BCUT2D eigenvalue weighted by molar-refractivity contribution is 6.31. The van der Waals surface area contributed by atoms with Gasteiger partial charge in [0.05, 0.1) is 12.1 Å². The molecule has 1 aliphatic carbocycles. The third kappa shape index (κ3) is 4.56. The van der Waals surface area contributed by atoms with Gasteiger partial charge in [0.2, 0.25) is 0 Å². The number of aryl methyl sites for hydroxylation is 1. The van der Waals surface area contributed by atoms with Crippen molar-refractivity contribution in [1.29, 1.82) is 0 Å². The molecule has 1 aliphatic rings. The van der Waals surface area contributed by atoms with Crippen molar-refractivity contribution >= 4 is 39.8 Å². The smallest absolute Gasteiger partial charge is 0.257 e. The van der Waals surface area contributed by atoms with Crippen LogP contribution in [0.2, 0.25) is 5.02 Å². The number of halogens is 4. The fourth-order valence-electron chi connectivity index (χ4n) is 4.65. The summed E-state index contributed by atoms with van der Waals surface area (Å²) in [5.74, 6) is 0.731. The van der Waals surface area contributed by atoms with Gasteiger partial charge in [-0.1, -0.05) is 25.4 Å². The highest BCUT2D eigenvalue weighted by atomic mass is 35.5. The third-order valence-electron chi connectivity index (χ3n) is 6.77. The van der Waals surface area contributed by atoms with Crippen LogP contribution >= 0.6 is 11.6 Å². The van der Waals surface area contributed by atoms with Gasteiger partial charge in [0, 0.05) is 16.1 Å². The molecule has 2 heterocycles. The second kappa shape index (κ2) is 8.73.